The average molecular weight is 198 g/mol. The first-order chi connectivity index (χ1) is 7.31. The standard InChI is InChI=1S/C11H10N4/c12-6-9-5-8(1-2-10(9)13)11-7-14-3-4-15-11/h1-7,12H,13H2. The van der Waals surface area contributed by atoms with Crippen LogP contribution in [0.1, 0.15) is 5.56 Å². The van der Waals surface area contributed by atoms with E-state index in [1.807, 2.05) is 12.1 Å². The van der Waals surface area contributed by atoms with Gasteiger partial charge in [-0.05, 0) is 12.1 Å². The molecule has 0 aliphatic carbocycles. The van der Waals surface area contributed by atoms with Gasteiger partial charge in [0.1, 0.15) is 0 Å². The zero-order chi connectivity index (χ0) is 10.7. The molecule has 3 N–H and O–H groups in total. The molecular weight excluding hydrogens is 188 g/mol. The van der Waals surface area contributed by atoms with Crippen LogP contribution in [-0.2, 0) is 0 Å². The average Bonchev–Trinajstić information content (AvgIpc) is 2.31. The van der Waals surface area contributed by atoms with Crippen LogP contribution in [0.2, 0.25) is 0 Å². The maximum atomic E-state index is 7.20. The molecule has 0 radical (unpaired) electrons. The second kappa shape index (κ2) is 3.88. The maximum Gasteiger partial charge on any atom is 0.0885 e. The van der Waals surface area contributed by atoms with E-state index in [1.165, 1.54) is 6.21 Å². The number of nitrogens with one attached hydrogen (secondary N) is 1. The Morgan fingerprint density at radius 3 is 2.80 bits per heavy atom. The molecule has 0 fully saturated rings. The molecule has 4 nitrogen and oxygen atoms in total. The lowest BCUT2D eigenvalue weighted by molar-refractivity contribution is 1.21. The minimum atomic E-state index is 0.595. The highest BCUT2D eigenvalue weighted by molar-refractivity contribution is 5.87. The summed E-state index contributed by atoms with van der Waals surface area (Å²) < 4.78 is 0. The van der Waals surface area contributed by atoms with E-state index in [2.05, 4.69) is 9.97 Å². The van der Waals surface area contributed by atoms with Crippen LogP contribution in [0.25, 0.3) is 11.3 Å². The molecule has 0 saturated heterocycles. The Balaban J connectivity index is 2.51. The Kier molecular flexibility index (Phi) is 2.41. The fourth-order valence-corrected chi connectivity index (χ4v) is 1.31. The van der Waals surface area contributed by atoms with Crippen molar-refractivity contribution < 1.29 is 0 Å². The van der Waals surface area contributed by atoms with Gasteiger partial charge < -0.3 is 11.1 Å². The van der Waals surface area contributed by atoms with Gasteiger partial charge in [0.2, 0.25) is 0 Å². The Bertz CT molecular complexity index is 479. The maximum absolute atomic E-state index is 7.20. The van der Waals surface area contributed by atoms with Crippen LogP contribution in [0.15, 0.2) is 36.8 Å². The molecule has 74 valence electrons. The summed E-state index contributed by atoms with van der Waals surface area (Å²) in [5, 5.41) is 7.20. The quantitative estimate of drug-likeness (QED) is 0.570. The highest BCUT2D eigenvalue weighted by Gasteiger charge is 2.01. The number of nitrogen functional groups attached to an aromatic ring is 1. The third-order valence-corrected chi connectivity index (χ3v) is 2.10. The molecule has 0 saturated carbocycles. The molecule has 0 spiro atoms. The van der Waals surface area contributed by atoms with Crippen LogP contribution in [0.5, 0.6) is 0 Å². The van der Waals surface area contributed by atoms with E-state index < -0.39 is 0 Å². The predicted molar refractivity (Wildman–Crippen MR) is 59.8 cm³/mol. The van der Waals surface area contributed by atoms with Gasteiger partial charge in [0.25, 0.3) is 0 Å². The summed E-state index contributed by atoms with van der Waals surface area (Å²) in [6.45, 7) is 0. The van der Waals surface area contributed by atoms with Gasteiger partial charge in [-0.3, -0.25) is 9.97 Å². The number of nitrogens with two attached hydrogens (primary N) is 1. The van der Waals surface area contributed by atoms with E-state index in [0.717, 1.165) is 11.3 Å². The molecule has 4 heteroatoms. The molecule has 0 unspecified atom stereocenters. The van der Waals surface area contributed by atoms with E-state index in [0.29, 0.717) is 11.3 Å². The largest absolute Gasteiger partial charge is 0.398 e. The molecule has 0 aliphatic heterocycles. The van der Waals surface area contributed by atoms with Crippen LogP contribution < -0.4 is 5.73 Å². The third kappa shape index (κ3) is 1.83. The van der Waals surface area contributed by atoms with Crippen molar-refractivity contribution in [2.75, 3.05) is 5.73 Å². The number of hydrogen-bond acceptors (Lipinski definition) is 4. The van der Waals surface area contributed by atoms with Gasteiger partial charge in [0.05, 0.1) is 11.9 Å². The van der Waals surface area contributed by atoms with Crippen LogP contribution in [0.3, 0.4) is 0 Å². The number of hydrogen-bond donors (Lipinski definition) is 2. The summed E-state index contributed by atoms with van der Waals surface area (Å²) in [5.74, 6) is 0. The number of benzene rings is 1. The van der Waals surface area contributed by atoms with Gasteiger partial charge in [0.15, 0.2) is 0 Å². The Morgan fingerprint density at radius 2 is 2.13 bits per heavy atom. The molecule has 1 aromatic heterocycles. The molecule has 0 amide bonds. The van der Waals surface area contributed by atoms with Crippen LogP contribution >= 0.6 is 0 Å². The van der Waals surface area contributed by atoms with Crippen molar-refractivity contribution in [2.45, 2.75) is 0 Å². The molecule has 0 atom stereocenters. The predicted octanol–water partition coefficient (Wildman–Crippen LogP) is 1.72. The molecule has 1 heterocycles. The topological polar surface area (TPSA) is 75.7 Å². The van der Waals surface area contributed by atoms with Crippen molar-refractivity contribution in [2.24, 2.45) is 0 Å². The first-order valence-electron chi connectivity index (χ1n) is 4.47. The number of nitrogens with zero attached hydrogens (tertiary/aromatic N) is 2. The lowest BCUT2D eigenvalue weighted by Crippen LogP contribution is -1.93. The summed E-state index contributed by atoms with van der Waals surface area (Å²) in [6, 6.07) is 5.46. The first kappa shape index (κ1) is 9.33. The van der Waals surface area contributed by atoms with E-state index in [1.54, 1.807) is 24.7 Å². The fourth-order valence-electron chi connectivity index (χ4n) is 1.31. The lowest BCUT2D eigenvalue weighted by atomic mass is 10.1. The van der Waals surface area contributed by atoms with Crippen LogP contribution in [0, 0.1) is 5.41 Å². The third-order valence-electron chi connectivity index (χ3n) is 2.10. The Hall–Kier alpha value is -2.23. The van der Waals surface area contributed by atoms with Gasteiger partial charge >= 0.3 is 0 Å². The Morgan fingerprint density at radius 1 is 1.27 bits per heavy atom. The molecule has 2 rings (SSSR count). The van der Waals surface area contributed by atoms with E-state index in [9.17, 15) is 0 Å². The number of anilines is 1. The van der Waals surface area contributed by atoms with Crippen molar-refractivity contribution >= 4 is 11.9 Å². The highest BCUT2D eigenvalue weighted by atomic mass is 14.8. The fraction of sp³-hybridized carbons (Fsp3) is 0. The van der Waals surface area contributed by atoms with E-state index >= 15 is 0 Å². The summed E-state index contributed by atoms with van der Waals surface area (Å²) in [5.41, 5.74) is 8.67. The highest BCUT2D eigenvalue weighted by Crippen LogP contribution is 2.20. The Labute approximate surface area is 87.3 Å². The number of rotatable bonds is 2. The minimum absolute atomic E-state index is 0.595. The van der Waals surface area contributed by atoms with E-state index in [-0.39, 0.29) is 0 Å². The zero-order valence-electron chi connectivity index (χ0n) is 8.01. The van der Waals surface area contributed by atoms with Crippen molar-refractivity contribution in [3.8, 4) is 11.3 Å². The van der Waals surface area contributed by atoms with Crippen molar-refractivity contribution in [3.63, 3.8) is 0 Å². The van der Waals surface area contributed by atoms with Gasteiger partial charge in [-0.15, -0.1) is 0 Å². The second-order valence-electron chi connectivity index (χ2n) is 3.08. The lowest BCUT2D eigenvalue weighted by Gasteiger charge is -2.03. The summed E-state index contributed by atoms with van der Waals surface area (Å²) in [4.78, 5) is 8.16. The summed E-state index contributed by atoms with van der Waals surface area (Å²) in [7, 11) is 0. The first-order valence-corrected chi connectivity index (χ1v) is 4.47. The molecule has 0 bridgehead atoms. The summed E-state index contributed by atoms with van der Waals surface area (Å²) in [6.07, 6.45) is 6.17. The minimum Gasteiger partial charge on any atom is -0.398 e. The molecular formula is C11H10N4. The second-order valence-corrected chi connectivity index (χ2v) is 3.08. The zero-order valence-corrected chi connectivity index (χ0v) is 8.01. The van der Waals surface area contributed by atoms with Gasteiger partial charge in [-0.1, -0.05) is 6.07 Å². The normalized spacial score (nSPS) is 9.87. The van der Waals surface area contributed by atoms with Crippen molar-refractivity contribution in [1.82, 2.24) is 9.97 Å². The molecule has 0 aliphatic rings. The van der Waals surface area contributed by atoms with Crippen molar-refractivity contribution in [3.05, 3.63) is 42.4 Å². The van der Waals surface area contributed by atoms with Crippen LogP contribution in [-0.4, -0.2) is 16.2 Å². The van der Waals surface area contributed by atoms with Crippen molar-refractivity contribution in [1.29, 1.82) is 5.41 Å². The van der Waals surface area contributed by atoms with E-state index in [4.69, 9.17) is 11.1 Å². The van der Waals surface area contributed by atoms with Crippen LogP contribution in [0.4, 0.5) is 5.69 Å². The molecule has 2 aromatic rings. The van der Waals surface area contributed by atoms with Gasteiger partial charge in [-0.25, -0.2) is 0 Å². The van der Waals surface area contributed by atoms with Gasteiger partial charge in [0, 0.05) is 35.4 Å². The molecule has 15 heavy (non-hydrogen) atoms. The van der Waals surface area contributed by atoms with Gasteiger partial charge in [-0.2, -0.15) is 0 Å². The SMILES string of the molecule is N=Cc1cc(-c2cnccn2)ccc1N. The monoisotopic (exact) mass is 198 g/mol. The number of aromatic nitrogens is 2. The smallest absolute Gasteiger partial charge is 0.0885 e. The summed E-state index contributed by atoms with van der Waals surface area (Å²) >= 11 is 0. The molecule has 1 aromatic carbocycles.